The van der Waals surface area contributed by atoms with Crippen molar-refractivity contribution in [2.75, 3.05) is 0 Å². The van der Waals surface area contributed by atoms with Crippen molar-refractivity contribution in [1.29, 1.82) is 0 Å². The lowest BCUT2D eigenvalue weighted by Crippen LogP contribution is -2.22. The molecule has 1 unspecified atom stereocenters. The second kappa shape index (κ2) is 21.1. The third kappa shape index (κ3) is 21.7. The number of hydrogen-bond acceptors (Lipinski definition) is 3. The Labute approximate surface area is 174 Å². The lowest BCUT2D eigenvalue weighted by molar-refractivity contribution is -0.137. The summed E-state index contributed by atoms with van der Waals surface area (Å²) in [5.74, 6) is -0.678. The zero-order chi connectivity index (χ0) is 20.9. The fraction of sp³-hybridized carbons (Fsp3) is 0.958. The molecule has 1 aliphatic carbocycles. The molecule has 4 nitrogen and oxygen atoms in total. The molecule has 1 atom stereocenters. The van der Waals surface area contributed by atoms with E-state index in [0.29, 0.717) is 12.5 Å². The molecule has 1 saturated carbocycles. The zero-order valence-electron chi connectivity index (χ0n) is 18.7. The summed E-state index contributed by atoms with van der Waals surface area (Å²) in [5, 5.41) is 18.4. The molecule has 0 heterocycles. The molecule has 28 heavy (non-hydrogen) atoms. The SMILES string of the molecule is CCCCCCC(O)CCCCCCCCCCC(=O)O.NC1CCCCC1. The first-order chi connectivity index (χ1) is 13.6. The van der Waals surface area contributed by atoms with E-state index in [1.54, 1.807) is 0 Å². The van der Waals surface area contributed by atoms with Crippen molar-refractivity contribution in [3.05, 3.63) is 0 Å². The fourth-order valence-corrected chi connectivity index (χ4v) is 3.80. The maximum atomic E-state index is 10.3. The average Bonchev–Trinajstić information content (AvgIpc) is 2.67. The van der Waals surface area contributed by atoms with E-state index in [4.69, 9.17) is 10.8 Å². The van der Waals surface area contributed by atoms with Crippen LogP contribution >= 0.6 is 0 Å². The topological polar surface area (TPSA) is 83.5 Å². The van der Waals surface area contributed by atoms with Crippen LogP contribution in [0.1, 0.15) is 135 Å². The Morgan fingerprint density at radius 1 is 0.821 bits per heavy atom. The van der Waals surface area contributed by atoms with Gasteiger partial charge in [0.05, 0.1) is 6.10 Å². The van der Waals surface area contributed by atoms with Gasteiger partial charge in [-0.25, -0.2) is 0 Å². The van der Waals surface area contributed by atoms with Crippen molar-refractivity contribution in [2.24, 2.45) is 5.73 Å². The van der Waals surface area contributed by atoms with Gasteiger partial charge in [-0.3, -0.25) is 4.79 Å². The third-order valence-corrected chi connectivity index (χ3v) is 5.72. The molecule has 4 heteroatoms. The van der Waals surface area contributed by atoms with Crippen LogP contribution < -0.4 is 5.73 Å². The van der Waals surface area contributed by atoms with Crippen molar-refractivity contribution in [3.63, 3.8) is 0 Å². The summed E-state index contributed by atoms with van der Waals surface area (Å²) in [6.07, 6.45) is 22.9. The second-order valence-electron chi connectivity index (χ2n) is 8.66. The summed E-state index contributed by atoms with van der Waals surface area (Å²) >= 11 is 0. The Bertz CT molecular complexity index is 330. The first-order valence-electron chi connectivity index (χ1n) is 12.2. The number of aliphatic hydroxyl groups is 1. The van der Waals surface area contributed by atoms with E-state index in [2.05, 4.69) is 6.92 Å². The summed E-state index contributed by atoms with van der Waals surface area (Å²) < 4.78 is 0. The van der Waals surface area contributed by atoms with Gasteiger partial charge in [-0.2, -0.15) is 0 Å². The van der Waals surface area contributed by atoms with E-state index in [-0.39, 0.29) is 6.10 Å². The average molecular weight is 400 g/mol. The Morgan fingerprint density at radius 2 is 1.29 bits per heavy atom. The van der Waals surface area contributed by atoms with Gasteiger partial charge < -0.3 is 15.9 Å². The molecule has 0 aromatic heterocycles. The molecule has 0 aromatic carbocycles. The molecule has 0 bridgehead atoms. The van der Waals surface area contributed by atoms with Crippen LogP contribution in [-0.2, 0) is 4.79 Å². The predicted molar refractivity (Wildman–Crippen MR) is 120 cm³/mol. The van der Waals surface area contributed by atoms with Gasteiger partial charge in [0, 0.05) is 12.5 Å². The highest BCUT2D eigenvalue weighted by Gasteiger charge is 2.06. The van der Waals surface area contributed by atoms with Gasteiger partial charge in [-0.15, -0.1) is 0 Å². The van der Waals surface area contributed by atoms with E-state index < -0.39 is 5.97 Å². The van der Waals surface area contributed by atoms with Gasteiger partial charge >= 0.3 is 5.97 Å². The molecular weight excluding hydrogens is 350 g/mol. The highest BCUT2D eigenvalue weighted by molar-refractivity contribution is 5.66. The minimum Gasteiger partial charge on any atom is -0.481 e. The van der Waals surface area contributed by atoms with Gasteiger partial charge in [0.25, 0.3) is 0 Å². The van der Waals surface area contributed by atoms with E-state index in [1.807, 2.05) is 0 Å². The highest BCUT2D eigenvalue weighted by Crippen LogP contribution is 2.15. The number of unbranched alkanes of at least 4 members (excludes halogenated alkanes) is 10. The molecule has 0 spiro atoms. The van der Waals surface area contributed by atoms with Crippen molar-refractivity contribution in [1.82, 2.24) is 0 Å². The van der Waals surface area contributed by atoms with Crippen LogP contribution in [-0.4, -0.2) is 28.3 Å². The number of carbonyl (C=O) groups is 1. The molecule has 1 rings (SSSR count). The number of carboxylic acids is 1. The molecule has 0 aliphatic heterocycles. The minimum atomic E-state index is -0.678. The summed E-state index contributed by atoms with van der Waals surface area (Å²) in [6.45, 7) is 2.21. The summed E-state index contributed by atoms with van der Waals surface area (Å²) in [4.78, 5) is 10.3. The summed E-state index contributed by atoms with van der Waals surface area (Å²) in [6, 6.07) is 0.536. The molecule has 0 aromatic rings. The number of aliphatic hydroxyl groups excluding tert-OH is 1. The Kier molecular flexibility index (Phi) is 20.6. The van der Waals surface area contributed by atoms with Gasteiger partial charge in [-0.05, 0) is 32.1 Å². The van der Waals surface area contributed by atoms with E-state index in [1.165, 1.54) is 83.5 Å². The first kappa shape index (κ1) is 27.4. The molecule has 0 saturated heterocycles. The van der Waals surface area contributed by atoms with Crippen molar-refractivity contribution in [3.8, 4) is 0 Å². The van der Waals surface area contributed by atoms with Crippen LogP contribution in [0.25, 0.3) is 0 Å². The molecular formula is C24H49NO3. The zero-order valence-corrected chi connectivity index (χ0v) is 18.7. The largest absolute Gasteiger partial charge is 0.481 e. The lowest BCUT2D eigenvalue weighted by Gasteiger charge is -2.15. The third-order valence-electron chi connectivity index (χ3n) is 5.72. The smallest absolute Gasteiger partial charge is 0.303 e. The van der Waals surface area contributed by atoms with Crippen LogP contribution in [0.2, 0.25) is 0 Å². The fourth-order valence-electron chi connectivity index (χ4n) is 3.80. The van der Waals surface area contributed by atoms with Crippen molar-refractivity contribution >= 4 is 5.97 Å². The quantitative estimate of drug-likeness (QED) is 0.256. The molecule has 4 N–H and O–H groups in total. The molecule has 1 aliphatic rings. The summed E-state index contributed by atoms with van der Waals surface area (Å²) in [7, 11) is 0. The number of carboxylic acid groups (broad SMARTS) is 1. The minimum absolute atomic E-state index is 0.0853. The Hall–Kier alpha value is -0.610. The molecule has 168 valence electrons. The van der Waals surface area contributed by atoms with Crippen LogP contribution in [0.3, 0.4) is 0 Å². The predicted octanol–water partition coefficient (Wildman–Crippen LogP) is 6.58. The number of nitrogens with two attached hydrogens (primary N) is 1. The first-order valence-corrected chi connectivity index (χ1v) is 12.2. The molecule has 1 fully saturated rings. The molecule has 0 amide bonds. The van der Waals surface area contributed by atoms with E-state index in [0.717, 1.165) is 38.5 Å². The summed E-state index contributed by atoms with van der Waals surface area (Å²) in [5.41, 5.74) is 5.63. The highest BCUT2D eigenvalue weighted by atomic mass is 16.4. The van der Waals surface area contributed by atoms with Crippen LogP contribution in [0.4, 0.5) is 0 Å². The van der Waals surface area contributed by atoms with E-state index in [9.17, 15) is 9.90 Å². The van der Waals surface area contributed by atoms with Gasteiger partial charge in [0.1, 0.15) is 0 Å². The number of rotatable bonds is 16. The van der Waals surface area contributed by atoms with Crippen LogP contribution in [0.15, 0.2) is 0 Å². The van der Waals surface area contributed by atoms with Crippen LogP contribution in [0.5, 0.6) is 0 Å². The van der Waals surface area contributed by atoms with Gasteiger partial charge in [0.2, 0.25) is 0 Å². The van der Waals surface area contributed by atoms with Gasteiger partial charge in [-0.1, -0.05) is 96.8 Å². The maximum absolute atomic E-state index is 10.3. The second-order valence-corrected chi connectivity index (χ2v) is 8.66. The maximum Gasteiger partial charge on any atom is 0.303 e. The van der Waals surface area contributed by atoms with Crippen molar-refractivity contribution < 1.29 is 15.0 Å². The van der Waals surface area contributed by atoms with Crippen molar-refractivity contribution in [2.45, 2.75) is 147 Å². The molecule has 0 radical (unpaired) electrons. The Morgan fingerprint density at radius 3 is 1.71 bits per heavy atom. The number of hydrogen-bond donors (Lipinski definition) is 3. The lowest BCUT2D eigenvalue weighted by atomic mass is 9.97. The van der Waals surface area contributed by atoms with Gasteiger partial charge in [0.15, 0.2) is 0 Å². The number of aliphatic carboxylic acids is 1. The standard InChI is InChI=1S/C18H36O3.C6H13N/c1-2-3-4-11-14-17(19)15-12-9-7-5-6-8-10-13-16-18(20)21;7-6-4-2-1-3-5-6/h17,19H,2-16H2,1H3,(H,20,21);6H,1-5,7H2. The Balaban J connectivity index is 0.000000861. The normalized spacial score (nSPS) is 15.7. The monoisotopic (exact) mass is 399 g/mol. The van der Waals surface area contributed by atoms with Crippen LogP contribution in [0, 0.1) is 0 Å². The van der Waals surface area contributed by atoms with E-state index >= 15 is 0 Å².